The van der Waals surface area contributed by atoms with Crippen molar-refractivity contribution in [2.45, 2.75) is 45.1 Å². The Labute approximate surface area is 128 Å². The van der Waals surface area contributed by atoms with Crippen molar-refractivity contribution >= 4 is 28.3 Å². The van der Waals surface area contributed by atoms with Crippen molar-refractivity contribution in [2.24, 2.45) is 0 Å². The second-order valence-corrected chi connectivity index (χ2v) is 5.86. The lowest BCUT2D eigenvalue weighted by Gasteiger charge is -2.04. The molecule has 2 N–H and O–H groups in total. The standard InChI is InChI=1S/C14H21N3O3S/c1-2-20-13(19)8-11-9-21-14(17-11)15-7-3-4-12(18)16-10-5-6-10/h9-10H,2-8H2,1H3,(H,15,17)(H,16,18). The monoisotopic (exact) mass is 311 g/mol. The minimum atomic E-state index is -0.258. The van der Waals surface area contributed by atoms with Crippen LogP contribution in [-0.2, 0) is 20.7 Å². The molecule has 0 unspecified atom stereocenters. The Morgan fingerprint density at radius 3 is 3.00 bits per heavy atom. The molecular formula is C14H21N3O3S. The van der Waals surface area contributed by atoms with Gasteiger partial charge in [-0.2, -0.15) is 0 Å². The first-order valence-electron chi connectivity index (χ1n) is 7.30. The van der Waals surface area contributed by atoms with Gasteiger partial charge in [-0.1, -0.05) is 0 Å². The minimum Gasteiger partial charge on any atom is -0.466 e. The number of amides is 1. The van der Waals surface area contributed by atoms with E-state index in [-0.39, 0.29) is 18.3 Å². The van der Waals surface area contributed by atoms with Crippen molar-refractivity contribution in [3.05, 3.63) is 11.1 Å². The fraction of sp³-hybridized carbons (Fsp3) is 0.643. The number of carbonyl (C=O) groups is 2. The van der Waals surface area contributed by atoms with E-state index in [2.05, 4.69) is 15.6 Å². The lowest BCUT2D eigenvalue weighted by Crippen LogP contribution is -2.25. The molecule has 0 aliphatic heterocycles. The molecule has 6 nitrogen and oxygen atoms in total. The van der Waals surface area contributed by atoms with Crippen molar-refractivity contribution in [2.75, 3.05) is 18.5 Å². The highest BCUT2D eigenvalue weighted by Gasteiger charge is 2.22. The molecule has 0 radical (unpaired) electrons. The molecule has 0 aromatic carbocycles. The van der Waals surface area contributed by atoms with Crippen LogP contribution in [0.1, 0.15) is 38.3 Å². The molecule has 21 heavy (non-hydrogen) atoms. The summed E-state index contributed by atoms with van der Waals surface area (Å²) >= 11 is 1.46. The van der Waals surface area contributed by atoms with Crippen LogP contribution >= 0.6 is 11.3 Å². The van der Waals surface area contributed by atoms with E-state index < -0.39 is 0 Å². The molecule has 0 bridgehead atoms. The van der Waals surface area contributed by atoms with Gasteiger partial charge in [0.05, 0.1) is 18.7 Å². The van der Waals surface area contributed by atoms with E-state index in [1.807, 2.05) is 5.38 Å². The van der Waals surface area contributed by atoms with Crippen LogP contribution in [0.5, 0.6) is 0 Å². The number of carbonyl (C=O) groups excluding carboxylic acids is 2. The van der Waals surface area contributed by atoms with Crippen molar-refractivity contribution in [3.63, 3.8) is 0 Å². The van der Waals surface area contributed by atoms with Gasteiger partial charge in [-0.25, -0.2) is 4.98 Å². The zero-order valence-corrected chi connectivity index (χ0v) is 13.0. The highest BCUT2D eigenvalue weighted by atomic mass is 32.1. The lowest BCUT2D eigenvalue weighted by molar-refractivity contribution is -0.142. The number of rotatable bonds is 9. The second-order valence-electron chi connectivity index (χ2n) is 5.00. The topological polar surface area (TPSA) is 80.3 Å². The highest BCUT2D eigenvalue weighted by molar-refractivity contribution is 7.13. The van der Waals surface area contributed by atoms with E-state index in [1.165, 1.54) is 11.3 Å². The van der Waals surface area contributed by atoms with Crippen LogP contribution in [0.15, 0.2) is 5.38 Å². The Hall–Kier alpha value is -1.63. The van der Waals surface area contributed by atoms with Gasteiger partial charge in [0.15, 0.2) is 5.13 Å². The lowest BCUT2D eigenvalue weighted by atomic mass is 10.3. The molecule has 2 rings (SSSR count). The number of aromatic nitrogens is 1. The molecule has 0 saturated heterocycles. The SMILES string of the molecule is CCOC(=O)Cc1csc(NCCCC(=O)NC2CC2)n1. The minimum absolute atomic E-state index is 0.126. The third-order valence-electron chi connectivity index (χ3n) is 2.98. The van der Waals surface area contributed by atoms with Crippen LogP contribution in [0.4, 0.5) is 5.13 Å². The summed E-state index contributed by atoms with van der Waals surface area (Å²) in [5, 5.41) is 8.75. The Bertz CT molecular complexity index is 486. The van der Waals surface area contributed by atoms with Crippen LogP contribution < -0.4 is 10.6 Å². The summed E-state index contributed by atoms with van der Waals surface area (Å²) in [4.78, 5) is 27.1. The predicted molar refractivity (Wildman–Crippen MR) is 81.3 cm³/mol. The molecule has 0 spiro atoms. The van der Waals surface area contributed by atoms with Crippen LogP contribution in [-0.4, -0.2) is 36.1 Å². The summed E-state index contributed by atoms with van der Waals surface area (Å²) in [5.41, 5.74) is 0.715. The number of anilines is 1. The molecule has 116 valence electrons. The first kappa shape index (κ1) is 15.8. The Kier molecular flexibility index (Phi) is 5.98. The molecule has 1 aliphatic carbocycles. The van der Waals surface area contributed by atoms with E-state index in [1.54, 1.807) is 6.92 Å². The van der Waals surface area contributed by atoms with E-state index >= 15 is 0 Å². The number of nitrogens with one attached hydrogen (secondary N) is 2. The Morgan fingerprint density at radius 1 is 1.48 bits per heavy atom. The van der Waals surface area contributed by atoms with E-state index in [0.717, 1.165) is 24.4 Å². The molecule has 1 aliphatic rings. The average molecular weight is 311 g/mol. The van der Waals surface area contributed by atoms with Crippen molar-refractivity contribution in [1.82, 2.24) is 10.3 Å². The maximum Gasteiger partial charge on any atom is 0.311 e. The van der Waals surface area contributed by atoms with Crippen molar-refractivity contribution < 1.29 is 14.3 Å². The van der Waals surface area contributed by atoms with Gasteiger partial charge in [0.2, 0.25) is 5.91 Å². The average Bonchev–Trinajstić information content (AvgIpc) is 3.13. The van der Waals surface area contributed by atoms with Gasteiger partial charge in [0.25, 0.3) is 0 Å². The smallest absolute Gasteiger partial charge is 0.311 e. The van der Waals surface area contributed by atoms with Gasteiger partial charge < -0.3 is 15.4 Å². The molecule has 0 atom stereocenters. The fourth-order valence-electron chi connectivity index (χ4n) is 1.80. The molecule has 7 heteroatoms. The van der Waals surface area contributed by atoms with Crippen LogP contribution in [0.3, 0.4) is 0 Å². The summed E-state index contributed by atoms with van der Waals surface area (Å²) in [6.45, 7) is 2.87. The molecule has 1 aromatic heterocycles. The molecule has 1 fully saturated rings. The summed E-state index contributed by atoms with van der Waals surface area (Å²) < 4.78 is 4.88. The predicted octanol–water partition coefficient (Wildman–Crippen LogP) is 1.72. The third kappa shape index (κ3) is 6.12. The summed E-state index contributed by atoms with van der Waals surface area (Å²) in [5.74, 6) is -0.132. The number of nitrogens with zero attached hydrogens (tertiary/aromatic N) is 1. The van der Waals surface area contributed by atoms with E-state index in [0.29, 0.717) is 31.3 Å². The Balaban J connectivity index is 1.60. The molecule has 1 saturated carbocycles. The molecular weight excluding hydrogens is 290 g/mol. The van der Waals surface area contributed by atoms with Gasteiger partial charge in [-0.15, -0.1) is 11.3 Å². The van der Waals surface area contributed by atoms with E-state index in [4.69, 9.17) is 4.74 Å². The number of hydrogen-bond acceptors (Lipinski definition) is 6. The second kappa shape index (κ2) is 7.97. The van der Waals surface area contributed by atoms with Crippen molar-refractivity contribution in [3.8, 4) is 0 Å². The van der Waals surface area contributed by atoms with Gasteiger partial charge in [0, 0.05) is 24.4 Å². The molecule has 1 heterocycles. The summed E-state index contributed by atoms with van der Waals surface area (Å²) in [6.07, 6.45) is 3.74. The number of esters is 1. The quantitative estimate of drug-likeness (QED) is 0.536. The summed E-state index contributed by atoms with van der Waals surface area (Å²) in [7, 11) is 0. The van der Waals surface area contributed by atoms with Crippen LogP contribution in [0, 0.1) is 0 Å². The third-order valence-corrected chi connectivity index (χ3v) is 3.83. The number of hydrogen-bond donors (Lipinski definition) is 2. The van der Waals surface area contributed by atoms with Crippen LogP contribution in [0.2, 0.25) is 0 Å². The summed E-state index contributed by atoms with van der Waals surface area (Å²) in [6, 6.07) is 0.426. The fourth-order valence-corrected chi connectivity index (χ4v) is 2.54. The highest BCUT2D eigenvalue weighted by Crippen LogP contribution is 2.19. The van der Waals surface area contributed by atoms with Gasteiger partial charge in [0.1, 0.15) is 0 Å². The number of ether oxygens (including phenoxy) is 1. The largest absolute Gasteiger partial charge is 0.466 e. The molecule has 1 aromatic rings. The van der Waals surface area contributed by atoms with Gasteiger partial charge >= 0.3 is 5.97 Å². The Morgan fingerprint density at radius 2 is 2.29 bits per heavy atom. The first-order chi connectivity index (χ1) is 10.2. The van der Waals surface area contributed by atoms with Crippen molar-refractivity contribution in [1.29, 1.82) is 0 Å². The van der Waals surface area contributed by atoms with Crippen LogP contribution in [0.25, 0.3) is 0 Å². The molecule has 1 amide bonds. The maximum absolute atomic E-state index is 11.5. The van der Waals surface area contributed by atoms with E-state index in [9.17, 15) is 9.59 Å². The maximum atomic E-state index is 11.5. The number of thiazole rings is 1. The zero-order chi connectivity index (χ0) is 15.1. The van der Waals surface area contributed by atoms with Gasteiger partial charge in [-0.05, 0) is 26.2 Å². The van der Waals surface area contributed by atoms with Gasteiger partial charge in [-0.3, -0.25) is 9.59 Å². The normalized spacial score (nSPS) is 13.8. The zero-order valence-electron chi connectivity index (χ0n) is 12.2. The first-order valence-corrected chi connectivity index (χ1v) is 8.18.